The van der Waals surface area contributed by atoms with E-state index in [2.05, 4.69) is 14.9 Å². The molecule has 4 rings (SSSR count). The molecule has 0 saturated carbocycles. The van der Waals surface area contributed by atoms with Crippen molar-refractivity contribution in [1.82, 2.24) is 24.0 Å². The van der Waals surface area contributed by atoms with Gasteiger partial charge in [-0.2, -0.15) is 0 Å². The number of aromatic amines is 1. The van der Waals surface area contributed by atoms with Gasteiger partial charge >= 0.3 is 5.69 Å². The molecule has 3 heterocycles. The molecule has 152 valence electrons. The van der Waals surface area contributed by atoms with Crippen LogP contribution in [-0.2, 0) is 17.8 Å². The minimum atomic E-state index is -0.790. The molecule has 4 N–H and O–H groups in total. The van der Waals surface area contributed by atoms with E-state index >= 15 is 0 Å². The highest BCUT2D eigenvalue weighted by molar-refractivity contribution is 5.92. The number of fused-ring (bicyclic) bond motifs is 2. The van der Waals surface area contributed by atoms with Crippen LogP contribution in [0.3, 0.4) is 0 Å². The number of nitrogens with two attached hydrogens (primary N) is 1. The summed E-state index contributed by atoms with van der Waals surface area (Å²) in [6.07, 6.45) is 0.553. The van der Waals surface area contributed by atoms with Crippen molar-refractivity contribution in [2.45, 2.75) is 39.0 Å². The molecule has 0 radical (unpaired) electrons. The molecule has 9 nitrogen and oxygen atoms in total. The van der Waals surface area contributed by atoms with E-state index in [0.29, 0.717) is 25.5 Å². The van der Waals surface area contributed by atoms with E-state index in [1.54, 1.807) is 18.4 Å². The highest BCUT2D eigenvalue weighted by Crippen LogP contribution is 2.24. The molecule has 9 heteroatoms. The average molecular weight is 388 g/mol. The van der Waals surface area contributed by atoms with E-state index < -0.39 is 5.60 Å². The van der Waals surface area contributed by atoms with E-state index in [1.807, 2.05) is 16.7 Å². The molecule has 0 spiro atoms. The Labute approximate surface area is 162 Å². The van der Waals surface area contributed by atoms with Crippen LogP contribution in [0.4, 0.5) is 5.95 Å². The van der Waals surface area contributed by atoms with Crippen molar-refractivity contribution in [3.8, 4) is 0 Å². The smallest absolute Gasteiger partial charge is 0.326 e. The Balaban J connectivity index is 1.67. The minimum Gasteiger partial charge on any atom is -0.390 e. The summed E-state index contributed by atoms with van der Waals surface area (Å²) in [4.78, 5) is 22.2. The van der Waals surface area contributed by atoms with Crippen molar-refractivity contribution in [2.75, 3.05) is 38.6 Å². The van der Waals surface area contributed by atoms with Crippen molar-refractivity contribution in [2.24, 2.45) is 0 Å². The molecule has 28 heavy (non-hydrogen) atoms. The third kappa shape index (κ3) is 3.78. The maximum atomic E-state index is 12.5. The van der Waals surface area contributed by atoms with Crippen LogP contribution in [-0.4, -0.2) is 67.6 Å². The molecule has 1 saturated heterocycles. The standard InChI is InChI=1S/C19H28N6O3/c1-19(2,27)3-4-24-15-12-16-14(11-13(15)21-17(24)20)22-18(26)25(16)6-5-23-7-9-28-10-8-23/h11-12,27H,3-10H2,1-2H3,(H2,20,21)(H,22,26). The lowest BCUT2D eigenvalue weighted by atomic mass is 10.1. The van der Waals surface area contributed by atoms with Crippen LogP contribution in [0, 0.1) is 0 Å². The summed E-state index contributed by atoms with van der Waals surface area (Å²) in [7, 11) is 0. The fourth-order valence-corrected chi connectivity index (χ4v) is 3.70. The summed E-state index contributed by atoms with van der Waals surface area (Å²) in [6.45, 7) is 8.77. The fourth-order valence-electron chi connectivity index (χ4n) is 3.70. The van der Waals surface area contributed by atoms with E-state index in [1.165, 1.54) is 0 Å². The number of aliphatic hydroxyl groups is 1. The number of benzene rings is 1. The number of aromatic nitrogens is 4. The van der Waals surface area contributed by atoms with Crippen LogP contribution in [0.15, 0.2) is 16.9 Å². The minimum absolute atomic E-state index is 0.119. The molecule has 2 aromatic heterocycles. The summed E-state index contributed by atoms with van der Waals surface area (Å²) in [5, 5.41) is 10.1. The normalized spacial score (nSPS) is 16.4. The first-order chi connectivity index (χ1) is 13.3. The quantitative estimate of drug-likeness (QED) is 0.574. The number of hydrogen-bond acceptors (Lipinski definition) is 6. The van der Waals surface area contributed by atoms with Gasteiger partial charge in [-0.05, 0) is 32.4 Å². The Hall–Kier alpha value is -2.36. The molecule has 3 aromatic rings. The predicted molar refractivity (Wildman–Crippen MR) is 108 cm³/mol. The maximum Gasteiger partial charge on any atom is 0.326 e. The number of ether oxygens (including phenoxy) is 1. The number of rotatable bonds is 6. The zero-order valence-electron chi connectivity index (χ0n) is 16.4. The Morgan fingerprint density at radius 1 is 1.18 bits per heavy atom. The Kier molecular flexibility index (Phi) is 4.90. The number of nitrogens with zero attached hydrogens (tertiary/aromatic N) is 4. The number of anilines is 1. The lowest BCUT2D eigenvalue weighted by molar-refractivity contribution is 0.0364. The average Bonchev–Trinajstić information content (AvgIpc) is 3.11. The second kappa shape index (κ2) is 7.23. The van der Waals surface area contributed by atoms with Gasteiger partial charge in [0, 0.05) is 32.7 Å². The van der Waals surface area contributed by atoms with Crippen molar-refractivity contribution in [1.29, 1.82) is 0 Å². The third-order valence-electron chi connectivity index (χ3n) is 5.36. The monoisotopic (exact) mass is 388 g/mol. The number of nitrogens with one attached hydrogen (secondary N) is 1. The van der Waals surface area contributed by atoms with Gasteiger partial charge in [0.25, 0.3) is 0 Å². The molecule has 0 bridgehead atoms. The molecule has 0 unspecified atom stereocenters. The molecule has 0 atom stereocenters. The highest BCUT2D eigenvalue weighted by Gasteiger charge is 2.18. The van der Waals surface area contributed by atoms with Gasteiger partial charge in [-0.25, -0.2) is 9.78 Å². The Morgan fingerprint density at radius 3 is 2.64 bits per heavy atom. The van der Waals surface area contributed by atoms with Crippen molar-refractivity contribution < 1.29 is 9.84 Å². The maximum absolute atomic E-state index is 12.5. The van der Waals surface area contributed by atoms with Gasteiger partial charge in [-0.3, -0.25) is 9.47 Å². The predicted octanol–water partition coefficient (Wildman–Crippen LogP) is 0.755. The van der Waals surface area contributed by atoms with E-state index in [-0.39, 0.29) is 5.69 Å². The number of aryl methyl sites for hydroxylation is 1. The van der Waals surface area contributed by atoms with Gasteiger partial charge in [0.1, 0.15) is 0 Å². The van der Waals surface area contributed by atoms with Crippen LogP contribution in [0.25, 0.3) is 22.1 Å². The Morgan fingerprint density at radius 2 is 1.93 bits per heavy atom. The summed E-state index contributed by atoms with van der Waals surface area (Å²) in [6, 6.07) is 3.84. The summed E-state index contributed by atoms with van der Waals surface area (Å²) >= 11 is 0. The number of morpholine rings is 1. The van der Waals surface area contributed by atoms with Gasteiger partial charge in [0.15, 0.2) is 0 Å². The first-order valence-corrected chi connectivity index (χ1v) is 9.72. The number of imidazole rings is 2. The van der Waals surface area contributed by atoms with Gasteiger partial charge in [0.05, 0.1) is 40.9 Å². The summed E-state index contributed by atoms with van der Waals surface area (Å²) in [5.74, 6) is 0.411. The molecular weight excluding hydrogens is 360 g/mol. The van der Waals surface area contributed by atoms with Gasteiger partial charge in [0.2, 0.25) is 5.95 Å². The fraction of sp³-hybridized carbons (Fsp3) is 0.579. The molecule has 1 aromatic carbocycles. The van der Waals surface area contributed by atoms with E-state index in [9.17, 15) is 9.90 Å². The highest BCUT2D eigenvalue weighted by atomic mass is 16.5. The van der Waals surface area contributed by atoms with Crippen molar-refractivity contribution in [3.05, 3.63) is 22.6 Å². The summed E-state index contributed by atoms with van der Waals surface area (Å²) < 4.78 is 9.06. The van der Waals surface area contributed by atoms with Crippen molar-refractivity contribution >= 4 is 28.0 Å². The lowest BCUT2D eigenvalue weighted by Gasteiger charge is -2.26. The molecule has 1 aliphatic rings. The van der Waals surface area contributed by atoms with Crippen LogP contribution in [0.5, 0.6) is 0 Å². The lowest BCUT2D eigenvalue weighted by Crippen LogP contribution is -2.39. The van der Waals surface area contributed by atoms with Gasteiger partial charge in [-0.15, -0.1) is 0 Å². The van der Waals surface area contributed by atoms with E-state index in [0.717, 1.165) is 54.9 Å². The van der Waals surface area contributed by atoms with Crippen LogP contribution < -0.4 is 11.4 Å². The zero-order valence-corrected chi connectivity index (χ0v) is 16.4. The second-order valence-electron chi connectivity index (χ2n) is 8.08. The molecule has 0 amide bonds. The molecular formula is C19H28N6O3. The van der Waals surface area contributed by atoms with Gasteiger partial charge in [-0.1, -0.05) is 0 Å². The topological polar surface area (TPSA) is 114 Å². The number of nitrogen functional groups attached to an aromatic ring is 1. The first-order valence-electron chi connectivity index (χ1n) is 9.72. The SMILES string of the molecule is CC(C)(O)CCn1c(N)nc2cc3[nH]c(=O)n(CCN4CCOCC4)c3cc21. The zero-order chi connectivity index (χ0) is 19.9. The molecule has 0 aliphatic carbocycles. The largest absolute Gasteiger partial charge is 0.390 e. The third-order valence-corrected chi connectivity index (χ3v) is 5.36. The van der Waals surface area contributed by atoms with Crippen LogP contribution >= 0.6 is 0 Å². The second-order valence-corrected chi connectivity index (χ2v) is 8.08. The van der Waals surface area contributed by atoms with Crippen LogP contribution in [0.1, 0.15) is 20.3 Å². The summed E-state index contributed by atoms with van der Waals surface area (Å²) in [5.41, 5.74) is 8.41. The molecule has 1 fully saturated rings. The number of hydrogen-bond donors (Lipinski definition) is 3. The number of H-pyrrole nitrogens is 1. The van der Waals surface area contributed by atoms with Gasteiger partial charge < -0.3 is 25.1 Å². The Bertz CT molecular complexity index is 1040. The van der Waals surface area contributed by atoms with Crippen molar-refractivity contribution in [3.63, 3.8) is 0 Å². The van der Waals surface area contributed by atoms with E-state index in [4.69, 9.17) is 10.5 Å². The first kappa shape index (κ1) is 19.0. The molecule has 1 aliphatic heterocycles. The van der Waals surface area contributed by atoms with Crippen LogP contribution in [0.2, 0.25) is 0 Å².